The molecule has 0 bridgehead atoms. The monoisotopic (exact) mass is 427 g/mol. The van der Waals surface area contributed by atoms with Crippen LogP contribution >= 0.6 is 0 Å². The number of aromatic carboxylic acids is 1. The van der Waals surface area contributed by atoms with Crippen LogP contribution in [0.4, 0.5) is 0 Å². The van der Waals surface area contributed by atoms with Crippen molar-refractivity contribution in [3.05, 3.63) is 78.1 Å². The van der Waals surface area contributed by atoms with Gasteiger partial charge in [-0.15, -0.1) is 0 Å². The number of nitrogens with zero attached hydrogens (tertiary/aromatic N) is 3. The molecular weight excluding hydrogens is 402 g/mol. The molecule has 1 aliphatic heterocycles. The number of morpholine rings is 1. The Bertz CT molecular complexity index is 1270. The molecule has 0 unspecified atom stereocenters. The van der Waals surface area contributed by atoms with Crippen LogP contribution in [0, 0.1) is 0 Å². The number of carbonyl (C=O) groups is 1. The molecule has 0 radical (unpaired) electrons. The second kappa shape index (κ2) is 8.57. The number of aromatic nitrogens is 2. The van der Waals surface area contributed by atoms with Crippen LogP contribution in [-0.2, 0) is 18.3 Å². The Kier molecular flexibility index (Phi) is 5.47. The van der Waals surface area contributed by atoms with E-state index in [-0.39, 0.29) is 5.56 Å². The molecule has 32 heavy (non-hydrogen) atoms. The summed E-state index contributed by atoms with van der Waals surface area (Å²) >= 11 is 0. The number of imidazole rings is 1. The number of hydrogen-bond donors (Lipinski definition) is 1. The molecule has 1 saturated heterocycles. The molecule has 0 amide bonds. The Morgan fingerprint density at radius 3 is 2.41 bits per heavy atom. The summed E-state index contributed by atoms with van der Waals surface area (Å²) in [5.41, 5.74) is 6.99. The minimum absolute atomic E-state index is 0.220. The van der Waals surface area contributed by atoms with Crippen LogP contribution in [0.1, 0.15) is 15.9 Å². The molecule has 162 valence electrons. The van der Waals surface area contributed by atoms with Crippen LogP contribution in [0.3, 0.4) is 0 Å². The van der Waals surface area contributed by atoms with Crippen LogP contribution in [0.5, 0.6) is 0 Å². The summed E-state index contributed by atoms with van der Waals surface area (Å²) in [6.45, 7) is 4.47. The number of rotatable bonds is 5. The Labute approximate surface area is 186 Å². The molecule has 1 aromatic heterocycles. The van der Waals surface area contributed by atoms with Crippen LogP contribution in [-0.4, -0.2) is 51.8 Å². The van der Waals surface area contributed by atoms with E-state index in [2.05, 4.69) is 46.3 Å². The Hall–Kier alpha value is -3.48. The molecule has 3 aromatic carbocycles. The minimum atomic E-state index is -0.968. The lowest BCUT2D eigenvalue weighted by molar-refractivity contribution is 0.0342. The number of hydrogen-bond acceptors (Lipinski definition) is 4. The van der Waals surface area contributed by atoms with Crippen molar-refractivity contribution in [2.45, 2.75) is 6.54 Å². The van der Waals surface area contributed by atoms with Crippen molar-refractivity contribution in [2.24, 2.45) is 7.05 Å². The summed E-state index contributed by atoms with van der Waals surface area (Å²) in [6, 6.07) is 20.6. The van der Waals surface area contributed by atoms with Gasteiger partial charge in [-0.1, -0.05) is 42.5 Å². The molecule has 1 aliphatic rings. The molecule has 1 N–H and O–H groups in total. The number of aryl methyl sites for hydroxylation is 1. The summed E-state index contributed by atoms with van der Waals surface area (Å²) in [5.74, 6) is -0.968. The first-order valence-corrected chi connectivity index (χ1v) is 10.8. The van der Waals surface area contributed by atoms with Gasteiger partial charge in [-0.25, -0.2) is 9.78 Å². The van der Waals surface area contributed by atoms with Gasteiger partial charge in [0.05, 0.1) is 30.6 Å². The predicted molar refractivity (Wildman–Crippen MR) is 125 cm³/mol. The highest BCUT2D eigenvalue weighted by Gasteiger charge is 2.15. The van der Waals surface area contributed by atoms with E-state index in [4.69, 9.17) is 4.74 Å². The van der Waals surface area contributed by atoms with Gasteiger partial charge in [-0.3, -0.25) is 4.90 Å². The second-order valence-electron chi connectivity index (χ2n) is 8.22. The quantitative estimate of drug-likeness (QED) is 0.510. The lowest BCUT2D eigenvalue weighted by Crippen LogP contribution is -2.35. The van der Waals surface area contributed by atoms with Crippen molar-refractivity contribution in [1.29, 1.82) is 0 Å². The highest BCUT2D eigenvalue weighted by molar-refractivity contribution is 6.03. The van der Waals surface area contributed by atoms with Gasteiger partial charge in [-0.05, 0) is 46.0 Å². The van der Waals surface area contributed by atoms with Gasteiger partial charge in [0.1, 0.15) is 5.52 Å². The smallest absolute Gasteiger partial charge is 0.337 e. The summed E-state index contributed by atoms with van der Waals surface area (Å²) in [4.78, 5) is 18.4. The van der Waals surface area contributed by atoms with Crippen molar-refractivity contribution in [2.75, 3.05) is 26.3 Å². The van der Waals surface area contributed by atoms with Crippen molar-refractivity contribution >= 4 is 17.0 Å². The molecule has 0 spiro atoms. The fourth-order valence-corrected chi connectivity index (χ4v) is 4.28. The Morgan fingerprint density at radius 1 is 0.969 bits per heavy atom. The van der Waals surface area contributed by atoms with Gasteiger partial charge < -0.3 is 14.4 Å². The first-order valence-electron chi connectivity index (χ1n) is 10.8. The van der Waals surface area contributed by atoms with E-state index in [0.29, 0.717) is 5.52 Å². The lowest BCUT2D eigenvalue weighted by Gasteiger charge is -2.26. The number of benzene rings is 3. The summed E-state index contributed by atoms with van der Waals surface area (Å²) in [5, 5.41) is 9.64. The molecule has 2 heterocycles. The molecule has 6 heteroatoms. The van der Waals surface area contributed by atoms with Crippen molar-refractivity contribution in [3.63, 3.8) is 0 Å². The van der Waals surface area contributed by atoms with Crippen LogP contribution in [0.2, 0.25) is 0 Å². The van der Waals surface area contributed by atoms with Crippen LogP contribution in [0.15, 0.2) is 67.0 Å². The summed E-state index contributed by atoms with van der Waals surface area (Å²) < 4.78 is 7.29. The predicted octanol–water partition coefficient (Wildman–Crippen LogP) is 4.44. The molecule has 1 fully saturated rings. The van der Waals surface area contributed by atoms with E-state index >= 15 is 0 Å². The van der Waals surface area contributed by atoms with E-state index in [1.54, 1.807) is 12.4 Å². The zero-order valence-electron chi connectivity index (χ0n) is 18.0. The van der Waals surface area contributed by atoms with Gasteiger partial charge in [0.2, 0.25) is 0 Å². The van der Waals surface area contributed by atoms with Crippen molar-refractivity contribution < 1.29 is 14.6 Å². The lowest BCUT2D eigenvalue weighted by atomic mass is 9.97. The number of ether oxygens (including phenoxy) is 1. The number of carboxylic acid groups (broad SMARTS) is 1. The summed E-state index contributed by atoms with van der Waals surface area (Å²) in [7, 11) is 1.87. The zero-order valence-corrected chi connectivity index (χ0v) is 18.0. The zero-order chi connectivity index (χ0) is 22.1. The molecule has 4 aromatic rings. The second-order valence-corrected chi connectivity index (χ2v) is 8.22. The topological polar surface area (TPSA) is 67.6 Å². The maximum absolute atomic E-state index is 11.8. The van der Waals surface area contributed by atoms with Gasteiger partial charge >= 0.3 is 5.97 Å². The molecule has 6 nitrogen and oxygen atoms in total. The van der Waals surface area contributed by atoms with Gasteiger partial charge in [0.15, 0.2) is 0 Å². The Balaban J connectivity index is 1.43. The van der Waals surface area contributed by atoms with Gasteiger partial charge in [-0.2, -0.15) is 0 Å². The third-order valence-corrected chi connectivity index (χ3v) is 6.05. The van der Waals surface area contributed by atoms with E-state index in [1.165, 1.54) is 11.1 Å². The van der Waals surface area contributed by atoms with Gasteiger partial charge in [0, 0.05) is 26.7 Å². The third kappa shape index (κ3) is 4.02. The molecule has 0 saturated carbocycles. The van der Waals surface area contributed by atoms with E-state index in [0.717, 1.165) is 55.1 Å². The first kappa shape index (κ1) is 20.4. The fourth-order valence-electron chi connectivity index (χ4n) is 4.28. The van der Waals surface area contributed by atoms with Crippen molar-refractivity contribution in [1.82, 2.24) is 14.5 Å². The molecule has 0 aliphatic carbocycles. The highest BCUT2D eigenvalue weighted by Crippen LogP contribution is 2.29. The van der Waals surface area contributed by atoms with E-state index < -0.39 is 5.97 Å². The van der Waals surface area contributed by atoms with Crippen LogP contribution in [0.25, 0.3) is 33.3 Å². The van der Waals surface area contributed by atoms with E-state index in [9.17, 15) is 9.90 Å². The first-order chi connectivity index (χ1) is 15.6. The molecule has 5 rings (SSSR count). The van der Waals surface area contributed by atoms with E-state index in [1.807, 2.05) is 29.8 Å². The summed E-state index contributed by atoms with van der Waals surface area (Å²) in [6.07, 6.45) is 1.65. The Morgan fingerprint density at radius 2 is 1.69 bits per heavy atom. The fraction of sp³-hybridized carbons (Fsp3) is 0.231. The molecular formula is C26H25N3O3. The SMILES string of the molecule is Cn1cnc2c(C(=O)O)cc(-c3ccc(-c4cccc(CN5CCOCC5)c4)cc3)cc21. The third-order valence-electron chi connectivity index (χ3n) is 6.05. The van der Waals surface area contributed by atoms with Gasteiger partial charge in [0.25, 0.3) is 0 Å². The molecule has 0 atom stereocenters. The largest absolute Gasteiger partial charge is 0.478 e. The number of carboxylic acids is 1. The maximum Gasteiger partial charge on any atom is 0.337 e. The maximum atomic E-state index is 11.8. The standard InChI is InChI=1S/C26H25N3O3/c1-28-17-27-25-23(26(30)31)14-22(15-24(25)28)20-7-5-19(6-8-20)21-4-2-3-18(13-21)16-29-9-11-32-12-10-29/h2-8,13-15,17H,9-12,16H2,1H3,(H,30,31). The number of fused-ring (bicyclic) bond motifs is 1. The highest BCUT2D eigenvalue weighted by atomic mass is 16.5. The average molecular weight is 428 g/mol. The van der Waals surface area contributed by atoms with Crippen LogP contribution < -0.4 is 0 Å². The average Bonchev–Trinajstić information content (AvgIpc) is 3.20. The minimum Gasteiger partial charge on any atom is -0.478 e. The van der Waals surface area contributed by atoms with Crippen molar-refractivity contribution in [3.8, 4) is 22.3 Å². The normalized spacial score (nSPS) is 14.7.